The Morgan fingerprint density at radius 2 is 1.87 bits per heavy atom. The van der Waals surface area contributed by atoms with Gasteiger partial charge in [0.25, 0.3) is 0 Å². The molecule has 2 aliphatic rings. The third kappa shape index (κ3) is 1.97. The Balaban J connectivity index is 2.37. The smallest absolute Gasteiger partial charge is 0.208 e. The van der Waals surface area contributed by atoms with Gasteiger partial charge in [-0.1, -0.05) is 19.6 Å². The molecular weight excluding hydrogens is 208 g/mol. The molecule has 0 bridgehead atoms. The maximum atomic E-state index is 11.7. The number of allylic oxidation sites excluding steroid dienone is 2. The molecule has 1 heterocycles. The van der Waals surface area contributed by atoms with Crippen molar-refractivity contribution in [2.24, 2.45) is 0 Å². The van der Waals surface area contributed by atoms with Gasteiger partial charge >= 0.3 is 0 Å². The summed E-state index contributed by atoms with van der Waals surface area (Å²) in [6.07, 6.45) is 5.17. The first-order valence-corrected chi connectivity index (χ1v) is 8.68. The summed E-state index contributed by atoms with van der Waals surface area (Å²) >= 11 is 0. The first-order valence-electron chi connectivity index (χ1n) is 5.18. The molecule has 2 rings (SSSR count). The van der Waals surface area contributed by atoms with Crippen molar-refractivity contribution in [1.29, 1.82) is 0 Å². The number of hydrogen-bond acceptors (Lipinski definition) is 3. The van der Waals surface area contributed by atoms with Crippen molar-refractivity contribution in [2.75, 3.05) is 13.2 Å². The van der Waals surface area contributed by atoms with Crippen LogP contribution in [0.15, 0.2) is 23.4 Å². The molecule has 1 spiro atoms. The summed E-state index contributed by atoms with van der Waals surface area (Å²) in [5.74, 6) is -0.636. The Morgan fingerprint density at radius 3 is 2.40 bits per heavy atom. The fourth-order valence-electron chi connectivity index (χ4n) is 1.81. The molecule has 0 atom stereocenters. The van der Waals surface area contributed by atoms with E-state index in [-0.39, 0.29) is 5.78 Å². The average molecular weight is 224 g/mol. The molecular formula is C11H16O3Si. The average Bonchev–Trinajstić information content (AvgIpc) is 2.57. The molecule has 15 heavy (non-hydrogen) atoms. The second-order valence-electron chi connectivity index (χ2n) is 4.92. The lowest BCUT2D eigenvalue weighted by atomic mass is 10.1. The van der Waals surface area contributed by atoms with E-state index in [1.54, 1.807) is 12.2 Å². The molecule has 0 N–H and O–H groups in total. The quantitative estimate of drug-likeness (QED) is 0.636. The minimum Gasteiger partial charge on any atom is -0.341 e. The topological polar surface area (TPSA) is 35.5 Å². The molecule has 0 aromatic rings. The van der Waals surface area contributed by atoms with E-state index >= 15 is 0 Å². The number of rotatable bonds is 1. The highest BCUT2D eigenvalue weighted by Crippen LogP contribution is 2.31. The number of hydrogen-bond donors (Lipinski definition) is 0. The van der Waals surface area contributed by atoms with E-state index in [9.17, 15) is 4.79 Å². The van der Waals surface area contributed by atoms with E-state index in [1.165, 1.54) is 0 Å². The first kappa shape index (κ1) is 10.8. The molecule has 1 fully saturated rings. The summed E-state index contributed by atoms with van der Waals surface area (Å²) < 4.78 is 11.1. The highest BCUT2D eigenvalue weighted by atomic mass is 28.3. The zero-order valence-electron chi connectivity index (χ0n) is 9.37. The number of carbonyl (C=O) groups excluding carboxylic acids is 1. The zero-order valence-corrected chi connectivity index (χ0v) is 10.4. The van der Waals surface area contributed by atoms with E-state index in [0.29, 0.717) is 13.2 Å². The van der Waals surface area contributed by atoms with Crippen molar-refractivity contribution in [2.45, 2.75) is 25.4 Å². The normalized spacial score (nSPS) is 24.7. The third-order valence-electron chi connectivity index (χ3n) is 2.62. The first-order chi connectivity index (χ1) is 6.93. The monoisotopic (exact) mass is 224 g/mol. The molecule has 82 valence electrons. The van der Waals surface area contributed by atoms with Crippen LogP contribution in [0.4, 0.5) is 0 Å². The van der Waals surface area contributed by atoms with Gasteiger partial charge in [-0.05, 0) is 23.4 Å². The van der Waals surface area contributed by atoms with E-state index < -0.39 is 13.9 Å². The fourth-order valence-corrected chi connectivity index (χ4v) is 3.27. The van der Waals surface area contributed by atoms with Crippen molar-refractivity contribution in [1.82, 2.24) is 0 Å². The molecule has 1 aliphatic carbocycles. The van der Waals surface area contributed by atoms with Crippen molar-refractivity contribution in [3.8, 4) is 0 Å². The molecule has 0 saturated carbocycles. The van der Waals surface area contributed by atoms with Gasteiger partial charge in [0.05, 0.1) is 21.3 Å². The summed E-state index contributed by atoms with van der Waals surface area (Å²) in [6, 6.07) is 0. The maximum Gasteiger partial charge on any atom is 0.208 e. The lowest BCUT2D eigenvalue weighted by Gasteiger charge is -2.28. The zero-order chi connectivity index (χ0) is 11.1. The van der Waals surface area contributed by atoms with Crippen LogP contribution in [-0.4, -0.2) is 32.9 Å². The van der Waals surface area contributed by atoms with Gasteiger partial charge in [0.15, 0.2) is 5.78 Å². The summed E-state index contributed by atoms with van der Waals surface area (Å²) in [7, 11) is -1.61. The molecule has 1 aliphatic heterocycles. The summed E-state index contributed by atoms with van der Waals surface area (Å²) in [4.78, 5) is 11.7. The van der Waals surface area contributed by atoms with E-state index in [0.717, 1.165) is 5.20 Å². The van der Waals surface area contributed by atoms with Crippen LogP contribution in [0.2, 0.25) is 19.6 Å². The molecule has 0 aromatic carbocycles. The van der Waals surface area contributed by atoms with Crippen LogP contribution < -0.4 is 0 Å². The Morgan fingerprint density at radius 1 is 1.27 bits per heavy atom. The largest absolute Gasteiger partial charge is 0.341 e. The Bertz CT molecular complexity index is 343. The molecule has 0 radical (unpaired) electrons. The second-order valence-corrected chi connectivity index (χ2v) is 9.96. The van der Waals surface area contributed by atoms with E-state index in [2.05, 4.69) is 19.6 Å². The van der Waals surface area contributed by atoms with Gasteiger partial charge in [-0.15, -0.1) is 0 Å². The molecule has 0 unspecified atom stereocenters. The molecule has 1 saturated heterocycles. The highest BCUT2D eigenvalue weighted by Gasteiger charge is 2.38. The van der Waals surface area contributed by atoms with Crippen molar-refractivity contribution in [3.05, 3.63) is 23.4 Å². The molecule has 3 nitrogen and oxygen atoms in total. The van der Waals surface area contributed by atoms with Gasteiger partial charge in [0.2, 0.25) is 5.79 Å². The summed E-state index contributed by atoms with van der Waals surface area (Å²) in [5.41, 5.74) is 0. The number of ketones is 1. The standard InChI is InChI=1S/C11H16O3Si/c1-15(2,3)10-8-11(5-4-9(10)12)13-6-7-14-11/h4-5,8H,6-7H2,1-3H3. The van der Waals surface area contributed by atoms with E-state index in [1.807, 2.05) is 6.08 Å². The van der Waals surface area contributed by atoms with Gasteiger partial charge in [0, 0.05) is 0 Å². The lowest BCUT2D eigenvalue weighted by molar-refractivity contribution is -0.113. The van der Waals surface area contributed by atoms with Crippen LogP contribution in [0, 0.1) is 0 Å². The maximum absolute atomic E-state index is 11.7. The highest BCUT2D eigenvalue weighted by molar-refractivity contribution is 6.87. The van der Waals surface area contributed by atoms with Crippen LogP contribution in [0.3, 0.4) is 0 Å². The Kier molecular flexibility index (Phi) is 2.45. The summed E-state index contributed by atoms with van der Waals surface area (Å²) in [5, 5.41) is 0.895. The number of ether oxygens (including phenoxy) is 2. The Hall–Kier alpha value is -0.713. The lowest BCUT2D eigenvalue weighted by Crippen LogP contribution is -2.37. The van der Waals surface area contributed by atoms with Crippen LogP contribution >= 0.6 is 0 Å². The van der Waals surface area contributed by atoms with Crippen LogP contribution in [0.25, 0.3) is 0 Å². The SMILES string of the molecule is C[Si](C)(C)C1=CC2(C=CC1=O)OCCO2. The van der Waals surface area contributed by atoms with Gasteiger partial charge < -0.3 is 9.47 Å². The molecule has 0 aromatic heterocycles. The minimum absolute atomic E-state index is 0.110. The van der Waals surface area contributed by atoms with Crippen molar-refractivity contribution in [3.63, 3.8) is 0 Å². The molecule has 4 heteroatoms. The van der Waals surface area contributed by atoms with Crippen molar-refractivity contribution >= 4 is 13.9 Å². The van der Waals surface area contributed by atoms with Gasteiger partial charge in [-0.2, -0.15) is 0 Å². The van der Waals surface area contributed by atoms with E-state index in [4.69, 9.17) is 9.47 Å². The predicted octanol–water partition coefficient (Wildman–Crippen LogP) is 1.67. The van der Waals surface area contributed by atoms with Gasteiger partial charge in [-0.3, -0.25) is 4.79 Å². The Labute approximate surface area is 90.8 Å². The third-order valence-corrected chi connectivity index (χ3v) is 4.63. The summed E-state index contributed by atoms with van der Waals surface area (Å²) in [6.45, 7) is 7.64. The van der Waals surface area contributed by atoms with Crippen LogP contribution in [0.1, 0.15) is 0 Å². The minimum atomic E-state index is -1.61. The van der Waals surface area contributed by atoms with Gasteiger partial charge in [-0.25, -0.2) is 0 Å². The predicted molar refractivity (Wildman–Crippen MR) is 60.2 cm³/mol. The molecule has 0 amide bonds. The van der Waals surface area contributed by atoms with Crippen LogP contribution in [-0.2, 0) is 14.3 Å². The fraction of sp³-hybridized carbons (Fsp3) is 0.545. The number of carbonyl (C=O) groups is 1. The van der Waals surface area contributed by atoms with Crippen molar-refractivity contribution < 1.29 is 14.3 Å². The van der Waals surface area contributed by atoms with Gasteiger partial charge in [0.1, 0.15) is 0 Å². The van der Waals surface area contributed by atoms with Crippen LogP contribution in [0.5, 0.6) is 0 Å². The second kappa shape index (κ2) is 3.40.